The van der Waals surface area contributed by atoms with Gasteiger partial charge in [0, 0.05) is 11.1 Å². The van der Waals surface area contributed by atoms with Crippen molar-refractivity contribution in [3.05, 3.63) is 34.6 Å². The highest BCUT2D eigenvalue weighted by Crippen LogP contribution is 2.27. The van der Waals surface area contributed by atoms with Crippen LogP contribution < -0.4 is 5.32 Å². The van der Waals surface area contributed by atoms with Gasteiger partial charge in [-0.1, -0.05) is 70.0 Å². The monoisotopic (exact) mass is 299 g/mol. The first kappa shape index (κ1) is 17.5. The predicted octanol–water partition coefficient (Wildman–Crippen LogP) is 5.88. The second-order valence-corrected chi connectivity index (χ2v) is 5.74. The Kier molecular flexibility index (Phi) is 8.88. The van der Waals surface area contributed by atoms with Crippen molar-refractivity contribution in [2.75, 3.05) is 6.54 Å². The van der Waals surface area contributed by atoms with Crippen LogP contribution in [0.3, 0.4) is 0 Å². The normalized spacial score (nSPS) is 12.6. The van der Waals surface area contributed by atoms with E-state index in [4.69, 9.17) is 11.6 Å². The molecular weight excluding hydrogens is 273 g/mol. The highest BCUT2D eigenvalue weighted by molar-refractivity contribution is 6.31. The second-order valence-electron chi connectivity index (χ2n) is 5.33. The van der Waals surface area contributed by atoms with Gasteiger partial charge in [0.05, 0.1) is 0 Å². The first-order valence-corrected chi connectivity index (χ1v) is 8.25. The molecule has 0 heterocycles. The van der Waals surface area contributed by atoms with Gasteiger partial charge >= 0.3 is 0 Å². The van der Waals surface area contributed by atoms with Crippen molar-refractivity contribution in [3.63, 3.8) is 0 Å². The molecule has 1 rings (SSSR count). The number of benzene rings is 1. The van der Waals surface area contributed by atoms with Crippen LogP contribution in [-0.4, -0.2) is 6.54 Å². The second kappa shape index (κ2) is 10.2. The number of halogens is 2. The van der Waals surface area contributed by atoms with Crippen LogP contribution in [0, 0.1) is 5.82 Å². The van der Waals surface area contributed by atoms with Gasteiger partial charge in [-0.25, -0.2) is 4.39 Å². The lowest BCUT2D eigenvalue weighted by Gasteiger charge is -2.19. The molecule has 20 heavy (non-hydrogen) atoms. The fourth-order valence-electron chi connectivity index (χ4n) is 2.53. The molecule has 0 saturated carbocycles. The Bertz CT molecular complexity index is 381. The summed E-state index contributed by atoms with van der Waals surface area (Å²) in [6.07, 6.45) is 8.77. The zero-order valence-electron chi connectivity index (χ0n) is 12.7. The number of unbranched alkanes of at least 4 members (excludes halogenated alkanes) is 5. The Labute approximate surface area is 127 Å². The van der Waals surface area contributed by atoms with Crippen molar-refractivity contribution in [2.24, 2.45) is 0 Å². The standard InChI is InChI=1S/C17H27ClFN/c1-3-5-6-7-8-9-10-17(20-4-2)15-12-11-14(19)13-16(15)18/h11-13,17,20H,3-10H2,1-2H3. The molecule has 0 spiro atoms. The predicted molar refractivity (Wildman–Crippen MR) is 85.8 cm³/mol. The molecule has 0 aliphatic carbocycles. The third-order valence-corrected chi connectivity index (χ3v) is 3.96. The third-order valence-electron chi connectivity index (χ3n) is 3.63. The summed E-state index contributed by atoms with van der Waals surface area (Å²) in [5.74, 6) is -0.270. The smallest absolute Gasteiger partial charge is 0.124 e. The Morgan fingerprint density at radius 1 is 1.10 bits per heavy atom. The average molecular weight is 300 g/mol. The maximum atomic E-state index is 13.1. The van der Waals surface area contributed by atoms with Crippen molar-refractivity contribution in [3.8, 4) is 0 Å². The molecule has 1 N–H and O–H groups in total. The van der Waals surface area contributed by atoms with Gasteiger partial charge in [0.2, 0.25) is 0 Å². The molecule has 0 fully saturated rings. The number of hydrogen-bond donors (Lipinski definition) is 1. The van der Waals surface area contributed by atoms with Crippen molar-refractivity contribution < 1.29 is 4.39 Å². The Balaban J connectivity index is 2.47. The zero-order chi connectivity index (χ0) is 14.8. The maximum absolute atomic E-state index is 13.1. The molecule has 0 aliphatic rings. The molecule has 1 unspecified atom stereocenters. The van der Waals surface area contributed by atoms with E-state index in [0.29, 0.717) is 5.02 Å². The summed E-state index contributed by atoms with van der Waals surface area (Å²) in [5.41, 5.74) is 1.02. The minimum Gasteiger partial charge on any atom is -0.310 e. The van der Waals surface area contributed by atoms with Gasteiger partial charge < -0.3 is 5.32 Å². The largest absolute Gasteiger partial charge is 0.310 e. The van der Waals surface area contributed by atoms with Gasteiger partial charge in [0.15, 0.2) is 0 Å². The summed E-state index contributed by atoms with van der Waals surface area (Å²) < 4.78 is 13.1. The van der Waals surface area contributed by atoms with E-state index in [1.807, 2.05) is 6.07 Å². The number of rotatable bonds is 10. The van der Waals surface area contributed by atoms with Crippen molar-refractivity contribution in [1.29, 1.82) is 0 Å². The Morgan fingerprint density at radius 2 is 1.80 bits per heavy atom. The van der Waals surface area contributed by atoms with Gasteiger partial charge in [0.25, 0.3) is 0 Å². The minimum atomic E-state index is -0.270. The highest BCUT2D eigenvalue weighted by Gasteiger charge is 2.13. The van der Waals surface area contributed by atoms with E-state index in [1.54, 1.807) is 0 Å². The van der Waals surface area contributed by atoms with E-state index < -0.39 is 0 Å². The first-order valence-electron chi connectivity index (χ1n) is 7.87. The third kappa shape index (κ3) is 6.23. The summed E-state index contributed by atoms with van der Waals surface area (Å²) in [6.45, 7) is 5.22. The van der Waals surface area contributed by atoms with Crippen LogP contribution in [0.25, 0.3) is 0 Å². The molecule has 1 aromatic rings. The van der Waals surface area contributed by atoms with E-state index >= 15 is 0 Å². The molecular formula is C17H27ClFN. The van der Waals surface area contributed by atoms with E-state index in [-0.39, 0.29) is 11.9 Å². The fraction of sp³-hybridized carbons (Fsp3) is 0.647. The van der Waals surface area contributed by atoms with Crippen LogP contribution in [0.2, 0.25) is 5.02 Å². The summed E-state index contributed by atoms with van der Waals surface area (Å²) in [7, 11) is 0. The van der Waals surface area contributed by atoms with Gasteiger partial charge in [0.1, 0.15) is 5.82 Å². The first-order chi connectivity index (χ1) is 9.69. The lowest BCUT2D eigenvalue weighted by atomic mass is 9.99. The van der Waals surface area contributed by atoms with Crippen molar-refractivity contribution in [1.82, 2.24) is 5.32 Å². The molecule has 1 aromatic carbocycles. The zero-order valence-corrected chi connectivity index (χ0v) is 13.5. The van der Waals surface area contributed by atoms with Crippen LogP contribution >= 0.6 is 11.6 Å². The molecule has 0 aliphatic heterocycles. The Morgan fingerprint density at radius 3 is 2.45 bits per heavy atom. The van der Waals surface area contributed by atoms with Crippen LogP contribution in [0.15, 0.2) is 18.2 Å². The number of hydrogen-bond acceptors (Lipinski definition) is 1. The van der Waals surface area contributed by atoms with Crippen molar-refractivity contribution >= 4 is 11.6 Å². The molecule has 3 heteroatoms. The topological polar surface area (TPSA) is 12.0 Å². The molecule has 0 radical (unpaired) electrons. The summed E-state index contributed by atoms with van der Waals surface area (Å²) in [5, 5.41) is 3.98. The van der Waals surface area contributed by atoms with Crippen LogP contribution in [0.5, 0.6) is 0 Å². The molecule has 114 valence electrons. The van der Waals surface area contributed by atoms with Crippen molar-refractivity contribution in [2.45, 2.75) is 64.8 Å². The SMILES string of the molecule is CCCCCCCCC(NCC)c1ccc(F)cc1Cl. The molecule has 0 saturated heterocycles. The van der Waals surface area contributed by atoms with Gasteiger partial charge in [-0.3, -0.25) is 0 Å². The summed E-state index contributed by atoms with van der Waals surface area (Å²) in [4.78, 5) is 0. The van der Waals surface area contributed by atoms with E-state index in [9.17, 15) is 4.39 Å². The van der Waals surface area contributed by atoms with E-state index in [0.717, 1.165) is 18.5 Å². The van der Waals surface area contributed by atoms with Gasteiger partial charge in [-0.2, -0.15) is 0 Å². The fourth-order valence-corrected chi connectivity index (χ4v) is 2.83. The quantitative estimate of drug-likeness (QED) is 0.532. The van der Waals surface area contributed by atoms with Crippen LogP contribution in [-0.2, 0) is 0 Å². The minimum absolute atomic E-state index is 0.235. The van der Waals surface area contributed by atoms with Gasteiger partial charge in [-0.15, -0.1) is 0 Å². The van der Waals surface area contributed by atoms with Gasteiger partial charge in [-0.05, 0) is 30.7 Å². The molecule has 0 amide bonds. The lowest BCUT2D eigenvalue weighted by Crippen LogP contribution is -2.21. The van der Waals surface area contributed by atoms with E-state index in [1.165, 1.54) is 50.7 Å². The van der Waals surface area contributed by atoms with Crippen LogP contribution in [0.4, 0.5) is 4.39 Å². The highest BCUT2D eigenvalue weighted by atomic mass is 35.5. The van der Waals surface area contributed by atoms with Crippen LogP contribution in [0.1, 0.15) is 70.4 Å². The molecule has 1 atom stereocenters. The summed E-state index contributed by atoms with van der Waals surface area (Å²) in [6, 6.07) is 4.94. The lowest BCUT2D eigenvalue weighted by molar-refractivity contribution is 0.476. The van der Waals surface area contributed by atoms with E-state index in [2.05, 4.69) is 19.2 Å². The Hall–Kier alpha value is -0.600. The molecule has 0 bridgehead atoms. The molecule has 0 aromatic heterocycles. The average Bonchev–Trinajstić information content (AvgIpc) is 2.42. The summed E-state index contributed by atoms with van der Waals surface area (Å²) >= 11 is 6.16. The number of nitrogens with one attached hydrogen (secondary N) is 1. The maximum Gasteiger partial charge on any atom is 0.124 e. The molecule has 1 nitrogen and oxygen atoms in total.